The number of hydrogen-bond acceptors (Lipinski definition) is 4. The maximum absolute atomic E-state index is 13.4. The van der Waals surface area contributed by atoms with Crippen LogP contribution in [0.15, 0.2) is 72.9 Å². The smallest absolute Gasteiger partial charge is 0.243 e. The fraction of sp³-hybridized carbons (Fsp3) is 0.333. The number of nitrogens with one attached hydrogen (secondary N) is 1. The van der Waals surface area contributed by atoms with Crippen LogP contribution in [0.3, 0.4) is 0 Å². The van der Waals surface area contributed by atoms with Crippen LogP contribution in [0.25, 0.3) is 0 Å². The Morgan fingerprint density at radius 3 is 2.39 bits per heavy atom. The molecule has 0 unspecified atom stereocenters. The molecular formula is C27H31FN4O. The fourth-order valence-electron chi connectivity index (χ4n) is 4.09. The number of likely N-dealkylation sites (N-methyl/N-ethyl adjacent to an activating group) is 1. The van der Waals surface area contributed by atoms with E-state index in [0.29, 0.717) is 19.0 Å². The summed E-state index contributed by atoms with van der Waals surface area (Å²) in [4.78, 5) is 22.1. The molecule has 33 heavy (non-hydrogen) atoms. The van der Waals surface area contributed by atoms with Gasteiger partial charge in [-0.3, -0.25) is 4.79 Å². The highest BCUT2D eigenvalue weighted by Gasteiger charge is 2.29. The molecule has 3 aromatic rings. The summed E-state index contributed by atoms with van der Waals surface area (Å²) in [7, 11) is 1.87. The highest BCUT2D eigenvalue weighted by Crippen LogP contribution is 2.30. The Morgan fingerprint density at radius 1 is 1.06 bits per heavy atom. The molecule has 1 aromatic heterocycles. The molecule has 1 fully saturated rings. The molecule has 1 amide bonds. The van der Waals surface area contributed by atoms with Crippen LogP contribution < -0.4 is 15.1 Å². The van der Waals surface area contributed by atoms with E-state index in [1.807, 2.05) is 60.6 Å². The second-order valence-corrected chi connectivity index (χ2v) is 8.55. The summed E-state index contributed by atoms with van der Waals surface area (Å²) in [5.41, 5.74) is 2.82. The topological polar surface area (TPSA) is 48.5 Å². The van der Waals surface area contributed by atoms with E-state index in [4.69, 9.17) is 0 Å². The van der Waals surface area contributed by atoms with Gasteiger partial charge in [0.1, 0.15) is 17.7 Å². The lowest BCUT2D eigenvalue weighted by Gasteiger charge is -2.29. The Labute approximate surface area is 195 Å². The predicted molar refractivity (Wildman–Crippen MR) is 131 cm³/mol. The van der Waals surface area contributed by atoms with Gasteiger partial charge >= 0.3 is 0 Å². The molecule has 1 atom stereocenters. The lowest BCUT2D eigenvalue weighted by atomic mass is 10.0. The van der Waals surface area contributed by atoms with Crippen LogP contribution in [0.2, 0.25) is 0 Å². The Kier molecular flexibility index (Phi) is 7.23. The third-order valence-electron chi connectivity index (χ3n) is 6.17. The number of amides is 1. The maximum Gasteiger partial charge on any atom is 0.243 e. The van der Waals surface area contributed by atoms with E-state index < -0.39 is 6.04 Å². The summed E-state index contributed by atoms with van der Waals surface area (Å²) < 4.78 is 13.4. The molecule has 1 aliphatic rings. The van der Waals surface area contributed by atoms with Crippen molar-refractivity contribution in [3.05, 3.63) is 89.9 Å². The molecule has 0 saturated heterocycles. The summed E-state index contributed by atoms with van der Waals surface area (Å²) in [6.45, 7) is 3.51. The minimum Gasteiger partial charge on any atom is -0.362 e. The van der Waals surface area contributed by atoms with E-state index in [2.05, 4.69) is 22.1 Å². The van der Waals surface area contributed by atoms with Gasteiger partial charge in [0, 0.05) is 44.5 Å². The first-order valence-electron chi connectivity index (χ1n) is 11.6. The third-order valence-corrected chi connectivity index (χ3v) is 6.17. The SMILES string of the molecule is CCN(c1ccc(CNC(=O)[C@H](Cc2ccccc2)N(C)c2ccc(F)cc2)cn1)C1CC1. The minimum absolute atomic E-state index is 0.0806. The molecule has 6 heteroatoms. The van der Waals surface area contributed by atoms with Gasteiger partial charge in [0.2, 0.25) is 5.91 Å². The van der Waals surface area contributed by atoms with E-state index in [1.54, 1.807) is 12.1 Å². The van der Waals surface area contributed by atoms with Gasteiger partial charge in [0.25, 0.3) is 0 Å². The Bertz CT molecular complexity index is 1040. The number of anilines is 2. The summed E-state index contributed by atoms with van der Waals surface area (Å²) in [6, 6.07) is 20.4. The number of nitrogens with zero attached hydrogens (tertiary/aromatic N) is 3. The first-order chi connectivity index (χ1) is 16.0. The van der Waals surface area contributed by atoms with Crippen LogP contribution in [0.1, 0.15) is 30.9 Å². The number of carbonyl (C=O) groups is 1. The Morgan fingerprint density at radius 2 is 1.79 bits per heavy atom. The molecule has 2 aromatic carbocycles. The molecule has 0 radical (unpaired) electrons. The third kappa shape index (κ3) is 5.89. The number of hydrogen-bond donors (Lipinski definition) is 1. The number of rotatable bonds is 10. The van der Waals surface area contributed by atoms with Crippen molar-refractivity contribution in [3.63, 3.8) is 0 Å². The number of benzene rings is 2. The number of pyridine rings is 1. The van der Waals surface area contributed by atoms with Gasteiger partial charge in [0.15, 0.2) is 0 Å². The quantitative estimate of drug-likeness (QED) is 0.496. The van der Waals surface area contributed by atoms with Gasteiger partial charge in [-0.15, -0.1) is 0 Å². The van der Waals surface area contributed by atoms with Gasteiger partial charge in [-0.1, -0.05) is 36.4 Å². The van der Waals surface area contributed by atoms with Gasteiger partial charge in [0.05, 0.1) is 0 Å². The van der Waals surface area contributed by atoms with E-state index in [9.17, 15) is 9.18 Å². The molecule has 5 nitrogen and oxygen atoms in total. The highest BCUT2D eigenvalue weighted by molar-refractivity contribution is 5.85. The predicted octanol–water partition coefficient (Wildman–Crippen LogP) is 4.57. The maximum atomic E-state index is 13.4. The van der Waals surface area contributed by atoms with Crippen LogP contribution >= 0.6 is 0 Å². The van der Waals surface area contributed by atoms with Crippen LogP contribution in [0, 0.1) is 5.82 Å². The molecule has 172 valence electrons. The van der Waals surface area contributed by atoms with Crippen LogP contribution in [-0.2, 0) is 17.8 Å². The van der Waals surface area contributed by atoms with E-state index in [0.717, 1.165) is 29.2 Å². The van der Waals surface area contributed by atoms with Crippen molar-refractivity contribution in [2.24, 2.45) is 0 Å². The largest absolute Gasteiger partial charge is 0.362 e. The lowest BCUT2D eigenvalue weighted by molar-refractivity contribution is -0.122. The van der Waals surface area contributed by atoms with Gasteiger partial charge in [-0.25, -0.2) is 9.37 Å². The summed E-state index contributed by atoms with van der Waals surface area (Å²) >= 11 is 0. The van der Waals surface area contributed by atoms with E-state index >= 15 is 0 Å². The summed E-state index contributed by atoms with van der Waals surface area (Å²) in [5, 5.41) is 3.07. The highest BCUT2D eigenvalue weighted by atomic mass is 19.1. The summed E-state index contributed by atoms with van der Waals surface area (Å²) in [6.07, 6.45) is 4.86. The first kappa shape index (κ1) is 22.8. The molecule has 0 aliphatic heterocycles. The van der Waals surface area contributed by atoms with Gasteiger partial charge in [-0.05, 0) is 61.2 Å². The number of carbonyl (C=O) groups excluding carboxylic acids is 1. The molecule has 4 rings (SSSR count). The second-order valence-electron chi connectivity index (χ2n) is 8.55. The fourth-order valence-corrected chi connectivity index (χ4v) is 4.09. The molecule has 0 spiro atoms. The van der Waals surface area contributed by atoms with Crippen molar-refractivity contribution in [2.75, 3.05) is 23.4 Å². The van der Waals surface area contributed by atoms with Crippen molar-refractivity contribution in [3.8, 4) is 0 Å². The molecule has 1 N–H and O–H groups in total. The van der Waals surface area contributed by atoms with Gasteiger partial charge in [-0.2, -0.15) is 0 Å². The second kappa shape index (κ2) is 10.5. The van der Waals surface area contributed by atoms with Crippen molar-refractivity contribution in [1.82, 2.24) is 10.3 Å². The van der Waals surface area contributed by atoms with E-state index in [-0.39, 0.29) is 11.7 Å². The van der Waals surface area contributed by atoms with Crippen LogP contribution in [-0.4, -0.2) is 36.6 Å². The molecule has 1 saturated carbocycles. The first-order valence-corrected chi connectivity index (χ1v) is 11.6. The zero-order valence-corrected chi connectivity index (χ0v) is 19.2. The molecule has 1 aliphatic carbocycles. The van der Waals surface area contributed by atoms with Gasteiger partial charge < -0.3 is 15.1 Å². The zero-order chi connectivity index (χ0) is 23.2. The van der Waals surface area contributed by atoms with E-state index in [1.165, 1.54) is 25.0 Å². The average Bonchev–Trinajstić information content (AvgIpc) is 3.68. The zero-order valence-electron chi connectivity index (χ0n) is 19.2. The minimum atomic E-state index is -0.435. The standard InChI is InChI=1S/C27H31FN4O/c1-3-32(24-14-15-24)26-16-9-21(18-29-26)19-30-27(33)25(17-20-7-5-4-6-8-20)31(2)23-12-10-22(28)11-13-23/h4-13,16,18,24-25H,3,14-15,17,19H2,1-2H3,(H,30,33)/t25-/m0/s1. The number of halogens is 1. The normalized spacial score (nSPS) is 13.9. The monoisotopic (exact) mass is 446 g/mol. The van der Waals surface area contributed by atoms with Crippen molar-refractivity contribution < 1.29 is 9.18 Å². The lowest BCUT2D eigenvalue weighted by Crippen LogP contribution is -2.46. The Balaban J connectivity index is 1.44. The van der Waals surface area contributed by atoms with Crippen molar-refractivity contribution in [2.45, 2.75) is 44.8 Å². The average molecular weight is 447 g/mol. The molecule has 0 bridgehead atoms. The summed E-state index contributed by atoms with van der Waals surface area (Å²) in [5.74, 6) is 0.617. The van der Waals surface area contributed by atoms with Crippen molar-refractivity contribution >= 4 is 17.4 Å². The molecular weight excluding hydrogens is 415 g/mol. The van der Waals surface area contributed by atoms with Crippen molar-refractivity contribution in [1.29, 1.82) is 0 Å². The Hall–Kier alpha value is -3.41. The molecule has 1 heterocycles. The number of aromatic nitrogens is 1. The van der Waals surface area contributed by atoms with Crippen LogP contribution in [0.5, 0.6) is 0 Å². The van der Waals surface area contributed by atoms with Crippen LogP contribution in [0.4, 0.5) is 15.9 Å².